The molecular weight excluding hydrogens is 472 g/mol. The minimum Gasteiger partial charge on any atom is -0.507 e. The van der Waals surface area contributed by atoms with Gasteiger partial charge in [0.1, 0.15) is 30.5 Å². The Labute approximate surface area is 217 Å². The Hall–Kier alpha value is -3.88. The number of aliphatic hydroxyl groups is 1. The normalized spacial score (nSPS) is 19.6. The molecule has 4 rings (SSSR count). The van der Waals surface area contributed by atoms with Crippen molar-refractivity contribution in [3.05, 3.63) is 90.5 Å². The van der Waals surface area contributed by atoms with Crippen molar-refractivity contribution in [3.63, 3.8) is 0 Å². The van der Waals surface area contributed by atoms with Crippen LogP contribution >= 0.6 is 0 Å². The predicted octanol–water partition coefficient (Wildman–Crippen LogP) is 3.57. The number of aliphatic hydroxyl groups excluding tert-OH is 1. The Kier molecular flexibility index (Phi) is 8.77. The number of ether oxygens (including phenoxy) is 3. The van der Waals surface area contributed by atoms with E-state index in [0.717, 1.165) is 13.1 Å². The van der Waals surface area contributed by atoms with E-state index in [9.17, 15) is 14.7 Å². The van der Waals surface area contributed by atoms with E-state index in [1.165, 1.54) is 0 Å². The largest absolute Gasteiger partial charge is 0.507 e. The number of hydrogen-bond donors (Lipinski definition) is 1. The van der Waals surface area contributed by atoms with E-state index in [0.29, 0.717) is 62.1 Å². The molecule has 2 aromatic rings. The maximum atomic E-state index is 13.3. The Morgan fingerprint density at radius 3 is 2.05 bits per heavy atom. The lowest BCUT2D eigenvalue weighted by atomic mass is 9.95. The minimum absolute atomic E-state index is 0.0616. The van der Waals surface area contributed by atoms with E-state index in [4.69, 9.17) is 14.2 Å². The summed E-state index contributed by atoms with van der Waals surface area (Å²) in [6.07, 6.45) is 3.29. The third-order valence-electron chi connectivity index (χ3n) is 6.36. The molecule has 2 aliphatic rings. The molecule has 2 fully saturated rings. The molecule has 1 N–H and O–H groups in total. The van der Waals surface area contributed by atoms with Crippen molar-refractivity contribution >= 4 is 17.4 Å². The number of nitrogens with zero attached hydrogens (tertiary/aromatic N) is 2. The summed E-state index contributed by atoms with van der Waals surface area (Å²) < 4.78 is 16.5. The van der Waals surface area contributed by atoms with Crippen molar-refractivity contribution in [1.82, 2.24) is 9.80 Å². The van der Waals surface area contributed by atoms with Gasteiger partial charge in [-0.2, -0.15) is 0 Å². The molecule has 8 heteroatoms. The zero-order valence-electron chi connectivity index (χ0n) is 20.8. The maximum absolute atomic E-state index is 13.3. The van der Waals surface area contributed by atoms with Crippen molar-refractivity contribution in [2.45, 2.75) is 6.04 Å². The average Bonchev–Trinajstić information content (AvgIpc) is 3.19. The van der Waals surface area contributed by atoms with Gasteiger partial charge in [0.2, 0.25) is 0 Å². The highest BCUT2D eigenvalue weighted by Crippen LogP contribution is 2.40. The molecule has 2 saturated heterocycles. The van der Waals surface area contributed by atoms with Crippen molar-refractivity contribution in [2.24, 2.45) is 0 Å². The third-order valence-corrected chi connectivity index (χ3v) is 6.36. The van der Waals surface area contributed by atoms with Crippen molar-refractivity contribution in [3.8, 4) is 11.5 Å². The molecule has 2 aromatic carbocycles. The van der Waals surface area contributed by atoms with Gasteiger partial charge in [0.15, 0.2) is 0 Å². The van der Waals surface area contributed by atoms with Gasteiger partial charge in [0.05, 0.1) is 24.8 Å². The molecule has 2 heterocycles. The summed E-state index contributed by atoms with van der Waals surface area (Å²) in [4.78, 5) is 30.2. The fraction of sp³-hybridized carbons (Fsp3) is 0.310. The fourth-order valence-corrected chi connectivity index (χ4v) is 4.45. The van der Waals surface area contributed by atoms with Crippen LogP contribution in [0.25, 0.3) is 5.76 Å². The topological polar surface area (TPSA) is 88.5 Å². The SMILES string of the molecule is C=CCOc1ccc(C(O)=C2C(=O)C(=O)N(CCN3CCOCC3)[C@H]2c2ccc(OCC=C)cc2)cc1. The first kappa shape index (κ1) is 26.2. The molecule has 2 aliphatic heterocycles. The van der Waals surface area contributed by atoms with Crippen molar-refractivity contribution < 1.29 is 28.9 Å². The van der Waals surface area contributed by atoms with Gasteiger partial charge in [0.25, 0.3) is 11.7 Å². The van der Waals surface area contributed by atoms with Gasteiger partial charge < -0.3 is 24.2 Å². The van der Waals surface area contributed by atoms with Crippen LogP contribution in [-0.4, -0.2) is 79.2 Å². The van der Waals surface area contributed by atoms with Crippen LogP contribution in [0.15, 0.2) is 79.4 Å². The summed E-state index contributed by atoms with van der Waals surface area (Å²) in [6, 6.07) is 13.2. The molecule has 1 amide bonds. The van der Waals surface area contributed by atoms with Gasteiger partial charge in [-0.1, -0.05) is 37.4 Å². The second kappa shape index (κ2) is 12.4. The zero-order valence-corrected chi connectivity index (χ0v) is 20.8. The number of amides is 1. The molecule has 0 bridgehead atoms. The predicted molar refractivity (Wildman–Crippen MR) is 141 cm³/mol. The lowest BCUT2D eigenvalue weighted by Gasteiger charge is -2.31. The Balaban J connectivity index is 1.68. The number of ketones is 1. The number of carbonyl (C=O) groups excluding carboxylic acids is 2. The first-order valence-electron chi connectivity index (χ1n) is 12.3. The van der Waals surface area contributed by atoms with Gasteiger partial charge in [-0.15, -0.1) is 0 Å². The summed E-state index contributed by atoms with van der Waals surface area (Å²) in [5.41, 5.74) is 1.19. The zero-order chi connectivity index (χ0) is 26.2. The molecule has 0 spiro atoms. The van der Waals surface area contributed by atoms with Gasteiger partial charge in [-0.3, -0.25) is 14.5 Å². The van der Waals surface area contributed by atoms with E-state index < -0.39 is 17.7 Å². The van der Waals surface area contributed by atoms with Crippen LogP contribution in [-0.2, 0) is 14.3 Å². The Bertz CT molecular complexity index is 1150. The number of benzene rings is 2. The Morgan fingerprint density at radius 1 is 0.919 bits per heavy atom. The lowest BCUT2D eigenvalue weighted by molar-refractivity contribution is -0.140. The summed E-state index contributed by atoms with van der Waals surface area (Å²) in [5.74, 6) is -0.307. The first-order chi connectivity index (χ1) is 18.0. The van der Waals surface area contributed by atoms with E-state index in [1.54, 1.807) is 53.5 Å². The summed E-state index contributed by atoms with van der Waals surface area (Å²) >= 11 is 0. The average molecular weight is 505 g/mol. The highest BCUT2D eigenvalue weighted by Gasteiger charge is 2.46. The van der Waals surface area contributed by atoms with Gasteiger partial charge in [-0.05, 0) is 42.0 Å². The molecule has 1 atom stereocenters. The van der Waals surface area contributed by atoms with Gasteiger partial charge in [-0.25, -0.2) is 0 Å². The van der Waals surface area contributed by atoms with Crippen LogP contribution in [0.4, 0.5) is 0 Å². The van der Waals surface area contributed by atoms with E-state index in [-0.39, 0.29) is 11.3 Å². The van der Waals surface area contributed by atoms with E-state index in [2.05, 4.69) is 18.1 Å². The maximum Gasteiger partial charge on any atom is 0.295 e. The number of Topliss-reactive ketones (excluding diaryl/α,β-unsaturated/α-hetero) is 1. The summed E-state index contributed by atoms with van der Waals surface area (Å²) in [5, 5.41) is 11.3. The van der Waals surface area contributed by atoms with Gasteiger partial charge >= 0.3 is 0 Å². The van der Waals surface area contributed by atoms with Crippen LogP contribution in [0.3, 0.4) is 0 Å². The lowest BCUT2D eigenvalue weighted by Crippen LogP contribution is -2.42. The number of carbonyl (C=O) groups is 2. The number of rotatable bonds is 11. The van der Waals surface area contributed by atoms with Gasteiger partial charge in [0, 0.05) is 31.7 Å². The molecular formula is C29H32N2O6. The van der Waals surface area contributed by atoms with E-state index >= 15 is 0 Å². The molecule has 37 heavy (non-hydrogen) atoms. The van der Waals surface area contributed by atoms with E-state index in [1.807, 2.05) is 12.1 Å². The van der Waals surface area contributed by atoms with Crippen LogP contribution in [0.5, 0.6) is 11.5 Å². The second-order valence-corrected chi connectivity index (χ2v) is 8.74. The summed E-state index contributed by atoms with van der Waals surface area (Å²) in [7, 11) is 0. The fourth-order valence-electron chi connectivity index (χ4n) is 4.45. The first-order valence-corrected chi connectivity index (χ1v) is 12.3. The smallest absolute Gasteiger partial charge is 0.295 e. The molecule has 0 radical (unpaired) electrons. The van der Waals surface area contributed by atoms with Crippen LogP contribution in [0, 0.1) is 0 Å². The van der Waals surface area contributed by atoms with Crippen molar-refractivity contribution in [2.75, 3.05) is 52.6 Å². The molecule has 0 unspecified atom stereocenters. The molecule has 8 nitrogen and oxygen atoms in total. The molecule has 0 aliphatic carbocycles. The quantitative estimate of drug-likeness (QED) is 0.217. The highest BCUT2D eigenvalue weighted by atomic mass is 16.5. The number of hydrogen-bond acceptors (Lipinski definition) is 7. The van der Waals surface area contributed by atoms with Crippen molar-refractivity contribution in [1.29, 1.82) is 0 Å². The monoisotopic (exact) mass is 504 g/mol. The van der Waals surface area contributed by atoms with Crippen LogP contribution in [0.2, 0.25) is 0 Å². The molecule has 0 aromatic heterocycles. The van der Waals surface area contributed by atoms with Crippen LogP contribution in [0.1, 0.15) is 17.2 Å². The Morgan fingerprint density at radius 2 is 1.49 bits per heavy atom. The second-order valence-electron chi connectivity index (χ2n) is 8.74. The van der Waals surface area contributed by atoms with Crippen LogP contribution < -0.4 is 9.47 Å². The summed E-state index contributed by atoms with van der Waals surface area (Å²) in [6.45, 7) is 11.8. The number of likely N-dealkylation sites (tertiary alicyclic amines) is 1. The third kappa shape index (κ3) is 6.10. The molecule has 194 valence electrons. The molecule has 0 saturated carbocycles. The highest BCUT2D eigenvalue weighted by molar-refractivity contribution is 6.46. The minimum atomic E-state index is -0.730. The standard InChI is InChI=1S/C29H32N2O6/c1-3-17-36-23-9-5-21(6-10-23)26-25(27(32)22-7-11-24(12-8-22)37-18-4-2)28(33)29(34)31(26)14-13-30-15-19-35-20-16-30/h3-12,26,32H,1-2,13-20H2/t26-/m0/s1. The number of morpholine rings is 1.